The first-order chi connectivity index (χ1) is 13.1. The maximum absolute atomic E-state index is 12.6. The number of aromatic carboxylic acids is 1. The number of anilines is 1. The molecule has 0 aliphatic heterocycles. The molecule has 0 unspecified atom stereocenters. The molecule has 5 heteroatoms. The van der Waals surface area contributed by atoms with E-state index in [0.717, 1.165) is 12.0 Å². The third-order valence-corrected chi connectivity index (χ3v) is 4.01. The molecule has 3 aromatic carbocycles. The monoisotopic (exact) mass is 361 g/mol. The molecule has 3 aromatic rings. The van der Waals surface area contributed by atoms with Crippen molar-refractivity contribution in [2.24, 2.45) is 0 Å². The molecule has 0 fully saturated rings. The van der Waals surface area contributed by atoms with Crippen LogP contribution in [-0.4, -0.2) is 23.6 Å². The molecule has 5 nitrogen and oxygen atoms in total. The fourth-order valence-corrected chi connectivity index (χ4v) is 2.60. The Bertz CT molecular complexity index is 921. The molecule has 0 bridgehead atoms. The lowest BCUT2D eigenvalue weighted by atomic mass is 10.1. The lowest BCUT2D eigenvalue weighted by Gasteiger charge is -2.12. The van der Waals surface area contributed by atoms with E-state index >= 15 is 0 Å². The predicted octanol–water partition coefficient (Wildman–Crippen LogP) is 4.26. The number of hydrogen-bond acceptors (Lipinski definition) is 3. The van der Waals surface area contributed by atoms with Crippen molar-refractivity contribution < 1.29 is 19.4 Å². The van der Waals surface area contributed by atoms with E-state index in [1.165, 1.54) is 12.1 Å². The van der Waals surface area contributed by atoms with Gasteiger partial charge in [-0.15, -0.1) is 0 Å². The van der Waals surface area contributed by atoms with Gasteiger partial charge in [-0.2, -0.15) is 0 Å². The second kappa shape index (κ2) is 8.67. The number of carboxylic acids is 1. The molecule has 1 amide bonds. The van der Waals surface area contributed by atoms with Crippen LogP contribution >= 0.6 is 0 Å². The standard InChI is InChI=1S/C22H19NO4/c24-21(23-18-12-10-17(11-13-18)22(25)26)19-8-4-5-9-20(19)27-15-14-16-6-2-1-3-7-16/h1-13H,14-15H2,(H,23,24)(H,25,26). The van der Waals surface area contributed by atoms with Crippen LogP contribution in [0, 0.1) is 0 Å². The average molecular weight is 361 g/mol. The maximum Gasteiger partial charge on any atom is 0.335 e. The zero-order valence-corrected chi connectivity index (χ0v) is 14.6. The Labute approximate surface area is 157 Å². The van der Waals surface area contributed by atoms with E-state index in [9.17, 15) is 9.59 Å². The van der Waals surface area contributed by atoms with E-state index < -0.39 is 5.97 Å². The van der Waals surface area contributed by atoms with Crippen LogP contribution in [-0.2, 0) is 6.42 Å². The van der Waals surface area contributed by atoms with Crippen molar-refractivity contribution in [2.75, 3.05) is 11.9 Å². The van der Waals surface area contributed by atoms with Crippen LogP contribution in [0.2, 0.25) is 0 Å². The minimum atomic E-state index is -1.01. The quantitative estimate of drug-likeness (QED) is 0.659. The number of carbonyl (C=O) groups is 2. The number of para-hydroxylation sites is 1. The highest BCUT2D eigenvalue weighted by molar-refractivity contribution is 6.06. The van der Waals surface area contributed by atoms with Gasteiger partial charge in [-0.1, -0.05) is 42.5 Å². The maximum atomic E-state index is 12.6. The van der Waals surface area contributed by atoms with Crippen LogP contribution < -0.4 is 10.1 Å². The highest BCUT2D eigenvalue weighted by atomic mass is 16.5. The summed E-state index contributed by atoms with van der Waals surface area (Å²) in [6.45, 7) is 0.460. The Morgan fingerprint density at radius 2 is 1.52 bits per heavy atom. The van der Waals surface area contributed by atoms with Gasteiger partial charge < -0.3 is 15.2 Å². The molecule has 136 valence electrons. The lowest BCUT2D eigenvalue weighted by Crippen LogP contribution is -2.14. The summed E-state index contributed by atoms with van der Waals surface area (Å²) >= 11 is 0. The van der Waals surface area contributed by atoms with Crippen molar-refractivity contribution in [1.82, 2.24) is 0 Å². The molecule has 0 saturated heterocycles. The fourth-order valence-electron chi connectivity index (χ4n) is 2.60. The summed E-state index contributed by atoms with van der Waals surface area (Å²) in [6.07, 6.45) is 0.743. The molecule has 0 heterocycles. The van der Waals surface area contributed by atoms with Crippen LogP contribution in [0.3, 0.4) is 0 Å². The number of rotatable bonds is 7. The molecule has 0 radical (unpaired) electrons. The summed E-state index contributed by atoms with van der Waals surface area (Å²) in [5.41, 5.74) is 2.27. The molecule has 0 atom stereocenters. The minimum Gasteiger partial charge on any atom is -0.492 e. The van der Waals surface area contributed by atoms with Crippen molar-refractivity contribution >= 4 is 17.6 Å². The van der Waals surface area contributed by atoms with Gasteiger partial charge in [-0.05, 0) is 42.0 Å². The van der Waals surface area contributed by atoms with Crippen molar-refractivity contribution in [3.8, 4) is 5.75 Å². The van der Waals surface area contributed by atoms with Crippen molar-refractivity contribution in [2.45, 2.75) is 6.42 Å². The Balaban J connectivity index is 1.65. The average Bonchev–Trinajstić information content (AvgIpc) is 2.69. The number of amides is 1. The van der Waals surface area contributed by atoms with E-state index in [0.29, 0.717) is 23.6 Å². The summed E-state index contributed by atoms with van der Waals surface area (Å²) in [5, 5.41) is 11.7. The van der Waals surface area contributed by atoms with E-state index in [4.69, 9.17) is 9.84 Å². The molecule has 0 saturated carbocycles. The second-order valence-electron chi connectivity index (χ2n) is 5.92. The molecular weight excluding hydrogens is 342 g/mol. The molecule has 0 aliphatic rings. The number of ether oxygens (including phenoxy) is 1. The molecular formula is C22H19NO4. The van der Waals surface area contributed by atoms with E-state index in [2.05, 4.69) is 5.32 Å². The zero-order chi connectivity index (χ0) is 19.1. The van der Waals surface area contributed by atoms with Gasteiger partial charge >= 0.3 is 5.97 Å². The number of carbonyl (C=O) groups excluding carboxylic acids is 1. The van der Waals surface area contributed by atoms with Gasteiger partial charge in [0.05, 0.1) is 17.7 Å². The summed E-state index contributed by atoms with van der Waals surface area (Å²) in [6, 6.07) is 23.0. The van der Waals surface area contributed by atoms with Crippen LogP contribution in [0.25, 0.3) is 0 Å². The first kappa shape index (κ1) is 18.2. The normalized spacial score (nSPS) is 10.2. The summed E-state index contributed by atoms with van der Waals surface area (Å²) in [5.74, 6) is -0.813. The Kier molecular flexibility index (Phi) is 5.84. The van der Waals surface area contributed by atoms with Gasteiger partial charge in [0.2, 0.25) is 0 Å². The third-order valence-electron chi connectivity index (χ3n) is 4.01. The van der Waals surface area contributed by atoms with E-state index in [1.54, 1.807) is 30.3 Å². The highest BCUT2D eigenvalue weighted by Crippen LogP contribution is 2.20. The SMILES string of the molecule is O=C(O)c1ccc(NC(=O)c2ccccc2OCCc2ccccc2)cc1. The van der Waals surface area contributed by atoms with Gasteiger partial charge in [0.15, 0.2) is 0 Å². The van der Waals surface area contributed by atoms with Gasteiger partial charge in [0, 0.05) is 12.1 Å². The first-order valence-electron chi connectivity index (χ1n) is 8.54. The third kappa shape index (κ3) is 4.95. The number of hydrogen-bond donors (Lipinski definition) is 2. The topological polar surface area (TPSA) is 75.6 Å². The second-order valence-corrected chi connectivity index (χ2v) is 5.92. The van der Waals surface area contributed by atoms with Gasteiger partial charge in [-0.25, -0.2) is 4.79 Å². The predicted molar refractivity (Wildman–Crippen MR) is 103 cm³/mol. The molecule has 3 rings (SSSR count). The minimum absolute atomic E-state index is 0.164. The Morgan fingerprint density at radius 3 is 2.22 bits per heavy atom. The molecule has 0 aliphatic carbocycles. The molecule has 2 N–H and O–H groups in total. The van der Waals surface area contributed by atoms with Gasteiger partial charge in [0.25, 0.3) is 5.91 Å². The van der Waals surface area contributed by atoms with Crippen molar-refractivity contribution in [3.05, 3.63) is 95.6 Å². The molecule has 0 spiro atoms. The summed E-state index contributed by atoms with van der Waals surface area (Å²) < 4.78 is 5.81. The first-order valence-corrected chi connectivity index (χ1v) is 8.54. The van der Waals surface area contributed by atoms with Crippen LogP contribution in [0.5, 0.6) is 5.75 Å². The number of benzene rings is 3. The van der Waals surface area contributed by atoms with Crippen LogP contribution in [0.15, 0.2) is 78.9 Å². The zero-order valence-electron chi connectivity index (χ0n) is 14.6. The molecule has 27 heavy (non-hydrogen) atoms. The number of nitrogens with one attached hydrogen (secondary N) is 1. The largest absolute Gasteiger partial charge is 0.492 e. The summed E-state index contributed by atoms with van der Waals surface area (Å²) in [7, 11) is 0. The smallest absolute Gasteiger partial charge is 0.335 e. The lowest BCUT2D eigenvalue weighted by molar-refractivity contribution is 0.0696. The van der Waals surface area contributed by atoms with E-state index in [1.807, 2.05) is 36.4 Å². The fraction of sp³-hybridized carbons (Fsp3) is 0.0909. The van der Waals surface area contributed by atoms with Crippen molar-refractivity contribution in [1.29, 1.82) is 0 Å². The number of carboxylic acid groups (broad SMARTS) is 1. The van der Waals surface area contributed by atoms with E-state index in [-0.39, 0.29) is 11.5 Å². The van der Waals surface area contributed by atoms with Crippen LogP contribution in [0.4, 0.5) is 5.69 Å². The molecule has 0 aromatic heterocycles. The van der Waals surface area contributed by atoms with Gasteiger partial charge in [0.1, 0.15) is 5.75 Å². The Morgan fingerprint density at radius 1 is 0.852 bits per heavy atom. The van der Waals surface area contributed by atoms with Crippen LogP contribution in [0.1, 0.15) is 26.3 Å². The summed E-state index contributed by atoms with van der Waals surface area (Å²) in [4.78, 5) is 23.5. The highest BCUT2D eigenvalue weighted by Gasteiger charge is 2.13. The van der Waals surface area contributed by atoms with Gasteiger partial charge in [-0.3, -0.25) is 4.79 Å². The van der Waals surface area contributed by atoms with Crippen molar-refractivity contribution in [3.63, 3.8) is 0 Å². The Hall–Kier alpha value is -3.60.